The van der Waals surface area contributed by atoms with Crippen molar-refractivity contribution in [1.82, 2.24) is 10.2 Å². The van der Waals surface area contributed by atoms with E-state index in [0.29, 0.717) is 5.89 Å². The first kappa shape index (κ1) is 15.4. The summed E-state index contributed by atoms with van der Waals surface area (Å²) in [4.78, 5) is 4.98. The number of anilines is 1. The van der Waals surface area contributed by atoms with Gasteiger partial charge in [-0.1, -0.05) is 24.3 Å². The molecule has 2 aromatic heterocycles. The number of hydrogen-bond acceptors (Lipinski definition) is 5. The summed E-state index contributed by atoms with van der Waals surface area (Å²) in [6, 6.07) is 14.9. The minimum Gasteiger partial charge on any atom is -0.414 e. The van der Waals surface area contributed by atoms with Crippen LogP contribution in [-0.4, -0.2) is 36.4 Å². The van der Waals surface area contributed by atoms with Crippen LogP contribution in [0.3, 0.4) is 0 Å². The van der Waals surface area contributed by atoms with E-state index in [1.54, 1.807) is 11.3 Å². The zero-order chi connectivity index (χ0) is 16.4. The number of thiophene rings is 1. The monoisotopic (exact) mass is 341 g/mol. The van der Waals surface area contributed by atoms with Crippen molar-refractivity contribution in [3.05, 3.63) is 53.7 Å². The van der Waals surface area contributed by atoms with Crippen molar-refractivity contribution in [2.45, 2.75) is 13.0 Å². The van der Waals surface area contributed by atoms with Gasteiger partial charge in [-0.3, -0.25) is 0 Å². The summed E-state index contributed by atoms with van der Waals surface area (Å²) in [5, 5.41) is 10.5. The van der Waals surface area contributed by atoms with E-state index >= 15 is 0 Å². The van der Waals surface area contributed by atoms with Crippen molar-refractivity contribution in [3.8, 4) is 10.8 Å². The lowest BCUT2D eigenvalue weighted by atomic mass is 10.2. The standard InChI is InChI=1S/C18H20N4OS/c1-14(17-19-20-18(23-17)16-8-5-13-24-16)21-9-11-22(12-10-21)15-6-3-2-4-7-15/h2-8,13-14H,9-12H2,1H3/p+1/t14-/m0/s1. The van der Waals surface area contributed by atoms with E-state index in [1.807, 2.05) is 17.5 Å². The maximum absolute atomic E-state index is 5.91. The summed E-state index contributed by atoms with van der Waals surface area (Å²) >= 11 is 1.62. The Labute approximate surface area is 145 Å². The normalized spacial score (nSPS) is 17.1. The average Bonchev–Trinajstić information content (AvgIpc) is 3.33. The molecule has 0 saturated carbocycles. The Morgan fingerprint density at radius 1 is 1.08 bits per heavy atom. The van der Waals surface area contributed by atoms with Gasteiger partial charge in [-0.05, 0) is 30.5 Å². The van der Waals surface area contributed by atoms with Gasteiger partial charge in [0.2, 0.25) is 0 Å². The van der Waals surface area contributed by atoms with Crippen molar-refractivity contribution in [1.29, 1.82) is 0 Å². The van der Waals surface area contributed by atoms with Crippen LogP contribution in [0.15, 0.2) is 52.3 Å². The van der Waals surface area contributed by atoms with Crippen LogP contribution in [0, 0.1) is 0 Å². The van der Waals surface area contributed by atoms with Crippen molar-refractivity contribution in [2.24, 2.45) is 0 Å². The Hall–Kier alpha value is -2.18. The molecule has 1 fully saturated rings. The fraction of sp³-hybridized carbons (Fsp3) is 0.333. The minimum absolute atomic E-state index is 0.226. The maximum Gasteiger partial charge on any atom is 0.274 e. The number of nitrogens with one attached hydrogen (secondary N) is 1. The Balaban J connectivity index is 1.40. The molecule has 0 spiro atoms. The predicted octanol–water partition coefficient (Wildman–Crippen LogP) is 2.26. The first-order valence-corrected chi connectivity index (χ1v) is 9.21. The molecule has 1 N–H and O–H groups in total. The molecule has 1 aliphatic rings. The molecule has 6 heteroatoms. The van der Waals surface area contributed by atoms with Crippen LogP contribution in [0.4, 0.5) is 5.69 Å². The molecule has 0 bridgehead atoms. The second-order valence-corrected chi connectivity index (χ2v) is 7.07. The van der Waals surface area contributed by atoms with E-state index < -0.39 is 0 Å². The van der Waals surface area contributed by atoms with E-state index in [2.05, 4.69) is 52.4 Å². The second-order valence-electron chi connectivity index (χ2n) is 6.13. The van der Waals surface area contributed by atoms with Gasteiger partial charge in [0, 0.05) is 5.69 Å². The topological polar surface area (TPSA) is 46.6 Å². The third kappa shape index (κ3) is 3.07. The van der Waals surface area contributed by atoms with Crippen molar-refractivity contribution in [2.75, 3.05) is 31.1 Å². The van der Waals surface area contributed by atoms with Gasteiger partial charge in [0.05, 0.1) is 31.1 Å². The number of piperazine rings is 1. The SMILES string of the molecule is C[C@@H](c1nnc(-c2cccs2)o1)[NH+]1CCN(c2ccccc2)CC1. The van der Waals surface area contributed by atoms with Crippen LogP contribution < -0.4 is 9.80 Å². The van der Waals surface area contributed by atoms with E-state index in [1.165, 1.54) is 10.6 Å². The van der Waals surface area contributed by atoms with Crippen LogP contribution in [0.25, 0.3) is 10.8 Å². The Bertz CT molecular complexity index is 763. The van der Waals surface area contributed by atoms with Crippen LogP contribution in [-0.2, 0) is 0 Å². The predicted molar refractivity (Wildman–Crippen MR) is 95.4 cm³/mol. The number of hydrogen-bond donors (Lipinski definition) is 1. The molecule has 0 aliphatic carbocycles. The molecular weight excluding hydrogens is 320 g/mol. The molecular formula is C18H21N4OS+. The fourth-order valence-electron chi connectivity index (χ4n) is 3.21. The molecule has 3 heterocycles. The molecule has 5 nitrogen and oxygen atoms in total. The van der Waals surface area contributed by atoms with E-state index in [4.69, 9.17) is 4.42 Å². The molecule has 124 valence electrons. The summed E-state index contributed by atoms with van der Waals surface area (Å²) in [6.07, 6.45) is 0. The quantitative estimate of drug-likeness (QED) is 0.791. The van der Waals surface area contributed by atoms with Gasteiger partial charge in [0.15, 0.2) is 6.04 Å². The van der Waals surface area contributed by atoms with Crippen molar-refractivity contribution in [3.63, 3.8) is 0 Å². The summed E-state index contributed by atoms with van der Waals surface area (Å²) < 4.78 is 5.91. The van der Waals surface area contributed by atoms with Gasteiger partial charge in [0.25, 0.3) is 11.8 Å². The lowest BCUT2D eigenvalue weighted by Crippen LogP contribution is -3.14. The van der Waals surface area contributed by atoms with Gasteiger partial charge in [-0.2, -0.15) is 0 Å². The molecule has 1 aliphatic heterocycles. The highest BCUT2D eigenvalue weighted by Gasteiger charge is 2.29. The van der Waals surface area contributed by atoms with Gasteiger partial charge >= 0.3 is 0 Å². The first-order chi connectivity index (χ1) is 11.8. The first-order valence-electron chi connectivity index (χ1n) is 8.33. The summed E-state index contributed by atoms with van der Waals surface area (Å²) in [5.41, 5.74) is 1.31. The lowest BCUT2D eigenvalue weighted by molar-refractivity contribution is -0.931. The smallest absolute Gasteiger partial charge is 0.274 e. The summed E-state index contributed by atoms with van der Waals surface area (Å²) in [6.45, 7) is 6.43. The highest BCUT2D eigenvalue weighted by molar-refractivity contribution is 7.13. The summed E-state index contributed by atoms with van der Waals surface area (Å²) in [7, 11) is 0. The molecule has 3 aromatic rings. The fourth-order valence-corrected chi connectivity index (χ4v) is 3.85. The van der Waals surface area contributed by atoms with Crippen LogP contribution >= 0.6 is 11.3 Å². The largest absolute Gasteiger partial charge is 0.414 e. The van der Waals surface area contributed by atoms with Gasteiger partial charge in [-0.15, -0.1) is 21.5 Å². The third-order valence-electron chi connectivity index (χ3n) is 4.68. The van der Waals surface area contributed by atoms with Gasteiger partial charge in [0.1, 0.15) is 0 Å². The van der Waals surface area contributed by atoms with Crippen LogP contribution in [0.1, 0.15) is 18.9 Å². The third-order valence-corrected chi connectivity index (χ3v) is 5.54. The number of aromatic nitrogens is 2. The van der Waals surface area contributed by atoms with Crippen LogP contribution in [0.2, 0.25) is 0 Å². The Kier molecular flexibility index (Phi) is 4.32. The van der Waals surface area contributed by atoms with Crippen LogP contribution in [0.5, 0.6) is 0 Å². The number of rotatable bonds is 4. The van der Waals surface area contributed by atoms with Gasteiger partial charge in [-0.25, -0.2) is 0 Å². The second kappa shape index (κ2) is 6.75. The van der Waals surface area contributed by atoms with Gasteiger partial charge < -0.3 is 14.2 Å². The minimum atomic E-state index is 0.226. The molecule has 1 aromatic carbocycles. The zero-order valence-electron chi connectivity index (χ0n) is 13.7. The van der Waals surface area contributed by atoms with Crippen molar-refractivity contribution >= 4 is 17.0 Å². The van der Waals surface area contributed by atoms with E-state index in [0.717, 1.165) is 36.9 Å². The molecule has 24 heavy (non-hydrogen) atoms. The van der Waals surface area contributed by atoms with Crippen molar-refractivity contribution < 1.29 is 9.32 Å². The number of benzene rings is 1. The highest BCUT2D eigenvalue weighted by atomic mass is 32.1. The Morgan fingerprint density at radius 2 is 1.88 bits per heavy atom. The zero-order valence-corrected chi connectivity index (χ0v) is 14.5. The molecule has 0 unspecified atom stereocenters. The molecule has 0 radical (unpaired) electrons. The number of para-hydroxylation sites is 1. The molecule has 0 amide bonds. The maximum atomic E-state index is 5.91. The summed E-state index contributed by atoms with van der Waals surface area (Å²) in [5.74, 6) is 1.37. The highest BCUT2D eigenvalue weighted by Crippen LogP contribution is 2.24. The average molecular weight is 341 g/mol. The Morgan fingerprint density at radius 3 is 2.58 bits per heavy atom. The number of nitrogens with zero attached hydrogens (tertiary/aromatic N) is 3. The lowest BCUT2D eigenvalue weighted by Gasteiger charge is -2.35. The van der Waals surface area contributed by atoms with E-state index in [9.17, 15) is 0 Å². The molecule has 4 rings (SSSR count). The molecule has 1 saturated heterocycles. The number of quaternary nitrogens is 1. The van der Waals surface area contributed by atoms with E-state index in [-0.39, 0.29) is 6.04 Å². The molecule has 1 atom stereocenters.